The van der Waals surface area contributed by atoms with Crippen molar-refractivity contribution in [3.63, 3.8) is 0 Å². The molecule has 1 saturated carbocycles. The number of urea groups is 1. The van der Waals surface area contributed by atoms with Gasteiger partial charge in [-0.2, -0.15) is 0 Å². The lowest BCUT2D eigenvalue weighted by atomic mass is 9.96. The standard InChI is InChI=1S/C19H27N3O2/c23-18(20-12-4-7-15-5-2-1-3-6-15)16-10-13-22(14-11-16)19(24)21-17-8-9-17/h1-3,5-6,16-17H,4,7-14H2,(H,20,23)(H,21,24). The Bertz CT molecular complexity index is 549. The molecular formula is C19H27N3O2. The number of carbonyl (C=O) groups excluding carboxylic acids is 2. The Morgan fingerprint density at radius 3 is 2.42 bits per heavy atom. The van der Waals surface area contributed by atoms with Crippen molar-refractivity contribution in [2.45, 2.75) is 44.6 Å². The molecule has 0 atom stereocenters. The van der Waals surface area contributed by atoms with E-state index in [0.29, 0.717) is 19.1 Å². The normalized spacial score (nSPS) is 18.2. The highest BCUT2D eigenvalue weighted by molar-refractivity contribution is 5.79. The molecule has 130 valence electrons. The van der Waals surface area contributed by atoms with E-state index >= 15 is 0 Å². The number of piperidine rings is 1. The van der Waals surface area contributed by atoms with Gasteiger partial charge in [0.2, 0.25) is 5.91 Å². The molecule has 2 N–H and O–H groups in total. The first-order chi connectivity index (χ1) is 11.7. The van der Waals surface area contributed by atoms with Crippen LogP contribution < -0.4 is 10.6 Å². The van der Waals surface area contributed by atoms with Crippen molar-refractivity contribution in [1.82, 2.24) is 15.5 Å². The minimum atomic E-state index is 0.0409. The van der Waals surface area contributed by atoms with E-state index in [2.05, 4.69) is 22.8 Å². The molecule has 0 aromatic heterocycles. The predicted octanol–water partition coefficient (Wildman–Crippen LogP) is 2.32. The van der Waals surface area contributed by atoms with Gasteiger partial charge in [0.15, 0.2) is 0 Å². The van der Waals surface area contributed by atoms with Gasteiger partial charge < -0.3 is 15.5 Å². The summed E-state index contributed by atoms with van der Waals surface area (Å²) in [5.41, 5.74) is 1.31. The van der Waals surface area contributed by atoms with Crippen LogP contribution in [-0.2, 0) is 11.2 Å². The molecule has 0 bridgehead atoms. The zero-order valence-electron chi connectivity index (χ0n) is 14.2. The molecule has 24 heavy (non-hydrogen) atoms. The second kappa shape index (κ2) is 8.18. The van der Waals surface area contributed by atoms with E-state index in [4.69, 9.17) is 0 Å². The summed E-state index contributed by atoms with van der Waals surface area (Å²) in [5, 5.41) is 6.06. The lowest BCUT2D eigenvalue weighted by Gasteiger charge is -2.31. The van der Waals surface area contributed by atoms with Crippen molar-refractivity contribution >= 4 is 11.9 Å². The fourth-order valence-electron chi connectivity index (χ4n) is 3.13. The summed E-state index contributed by atoms with van der Waals surface area (Å²) in [6.07, 6.45) is 5.69. The smallest absolute Gasteiger partial charge is 0.317 e. The average molecular weight is 329 g/mol. The summed E-state index contributed by atoms with van der Waals surface area (Å²) < 4.78 is 0. The van der Waals surface area contributed by atoms with Crippen LogP contribution in [0.4, 0.5) is 4.79 Å². The highest BCUT2D eigenvalue weighted by Gasteiger charge is 2.30. The Labute approximate surface area is 143 Å². The molecule has 0 unspecified atom stereocenters. The Morgan fingerprint density at radius 2 is 1.75 bits per heavy atom. The van der Waals surface area contributed by atoms with E-state index in [-0.39, 0.29) is 17.9 Å². The second-order valence-corrected chi connectivity index (χ2v) is 6.87. The monoisotopic (exact) mass is 329 g/mol. The number of hydrogen-bond donors (Lipinski definition) is 2. The topological polar surface area (TPSA) is 61.4 Å². The maximum atomic E-state index is 12.2. The van der Waals surface area contributed by atoms with E-state index in [0.717, 1.165) is 45.1 Å². The van der Waals surface area contributed by atoms with Gasteiger partial charge in [-0.3, -0.25) is 4.79 Å². The molecule has 1 aromatic carbocycles. The molecule has 2 fully saturated rings. The SMILES string of the molecule is O=C(NCCCc1ccccc1)C1CCN(C(=O)NC2CC2)CC1. The number of rotatable bonds is 6. The molecule has 0 radical (unpaired) electrons. The first-order valence-electron chi connectivity index (χ1n) is 9.09. The van der Waals surface area contributed by atoms with Crippen molar-refractivity contribution in [1.29, 1.82) is 0 Å². The van der Waals surface area contributed by atoms with Crippen molar-refractivity contribution in [2.24, 2.45) is 5.92 Å². The number of nitrogens with zero attached hydrogens (tertiary/aromatic N) is 1. The van der Waals surface area contributed by atoms with Crippen molar-refractivity contribution in [3.8, 4) is 0 Å². The zero-order valence-corrected chi connectivity index (χ0v) is 14.2. The summed E-state index contributed by atoms with van der Waals surface area (Å²) >= 11 is 0. The van der Waals surface area contributed by atoms with Crippen LogP contribution >= 0.6 is 0 Å². The van der Waals surface area contributed by atoms with E-state index in [1.54, 1.807) is 0 Å². The minimum absolute atomic E-state index is 0.0409. The molecule has 1 aliphatic heterocycles. The molecule has 1 aromatic rings. The highest BCUT2D eigenvalue weighted by atomic mass is 16.2. The maximum absolute atomic E-state index is 12.2. The molecule has 2 aliphatic rings. The van der Waals surface area contributed by atoms with Crippen LogP contribution in [0.2, 0.25) is 0 Å². The van der Waals surface area contributed by atoms with Gasteiger partial charge in [-0.15, -0.1) is 0 Å². The molecule has 3 rings (SSSR count). The number of benzene rings is 1. The zero-order chi connectivity index (χ0) is 16.8. The molecule has 3 amide bonds. The summed E-state index contributed by atoms with van der Waals surface area (Å²) in [6, 6.07) is 10.8. The van der Waals surface area contributed by atoms with E-state index in [9.17, 15) is 9.59 Å². The Morgan fingerprint density at radius 1 is 1.04 bits per heavy atom. The molecule has 1 saturated heterocycles. The molecule has 1 heterocycles. The van der Waals surface area contributed by atoms with E-state index < -0.39 is 0 Å². The van der Waals surface area contributed by atoms with E-state index in [1.165, 1.54) is 5.56 Å². The quantitative estimate of drug-likeness (QED) is 0.787. The van der Waals surface area contributed by atoms with Gasteiger partial charge in [-0.1, -0.05) is 30.3 Å². The van der Waals surface area contributed by atoms with Crippen LogP contribution in [0.25, 0.3) is 0 Å². The number of carbonyl (C=O) groups is 2. The lowest BCUT2D eigenvalue weighted by molar-refractivity contribution is -0.126. The first-order valence-corrected chi connectivity index (χ1v) is 9.09. The number of hydrogen-bond acceptors (Lipinski definition) is 2. The maximum Gasteiger partial charge on any atom is 0.317 e. The van der Waals surface area contributed by atoms with Gasteiger partial charge in [-0.05, 0) is 44.1 Å². The van der Waals surface area contributed by atoms with Crippen LogP contribution in [0.15, 0.2) is 30.3 Å². The summed E-state index contributed by atoms with van der Waals surface area (Å²) in [7, 11) is 0. The lowest BCUT2D eigenvalue weighted by Crippen LogP contribution is -2.47. The van der Waals surface area contributed by atoms with Gasteiger partial charge in [0.25, 0.3) is 0 Å². The van der Waals surface area contributed by atoms with Gasteiger partial charge in [0, 0.05) is 31.6 Å². The third-order valence-corrected chi connectivity index (χ3v) is 4.84. The summed E-state index contributed by atoms with van der Waals surface area (Å²) in [5.74, 6) is 0.192. The molecule has 5 nitrogen and oxygen atoms in total. The molecule has 1 aliphatic carbocycles. The Balaban J connectivity index is 1.31. The van der Waals surface area contributed by atoms with Crippen molar-refractivity contribution < 1.29 is 9.59 Å². The summed E-state index contributed by atoms with van der Waals surface area (Å²) in [4.78, 5) is 26.1. The minimum Gasteiger partial charge on any atom is -0.356 e. The van der Waals surface area contributed by atoms with Gasteiger partial charge in [0.1, 0.15) is 0 Å². The van der Waals surface area contributed by atoms with Crippen LogP contribution in [0, 0.1) is 5.92 Å². The largest absolute Gasteiger partial charge is 0.356 e. The third kappa shape index (κ3) is 4.98. The van der Waals surface area contributed by atoms with Crippen LogP contribution in [0.1, 0.15) is 37.7 Å². The molecule has 0 spiro atoms. The Kier molecular flexibility index (Phi) is 5.72. The van der Waals surface area contributed by atoms with Gasteiger partial charge in [0.05, 0.1) is 0 Å². The third-order valence-electron chi connectivity index (χ3n) is 4.84. The predicted molar refractivity (Wildman–Crippen MR) is 93.6 cm³/mol. The highest BCUT2D eigenvalue weighted by Crippen LogP contribution is 2.21. The summed E-state index contributed by atoms with van der Waals surface area (Å²) in [6.45, 7) is 2.08. The number of nitrogens with one attached hydrogen (secondary N) is 2. The number of likely N-dealkylation sites (tertiary alicyclic amines) is 1. The van der Waals surface area contributed by atoms with E-state index in [1.807, 2.05) is 23.1 Å². The van der Waals surface area contributed by atoms with Gasteiger partial charge >= 0.3 is 6.03 Å². The van der Waals surface area contributed by atoms with Crippen LogP contribution in [0.5, 0.6) is 0 Å². The Hall–Kier alpha value is -2.04. The van der Waals surface area contributed by atoms with Gasteiger partial charge in [-0.25, -0.2) is 4.79 Å². The fraction of sp³-hybridized carbons (Fsp3) is 0.579. The number of amides is 3. The molecule has 5 heteroatoms. The van der Waals surface area contributed by atoms with Crippen LogP contribution in [-0.4, -0.2) is 42.5 Å². The van der Waals surface area contributed by atoms with Crippen molar-refractivity contribution in [3.05, 3.63) is 35.9 Å². The van der Waals surface area contributed by atoms with Crippen molar-refractivity contribution in [2.75, 3.05) is 19.6 Å². The van der Waals surface area contributed by atoms with Crippen LogP contribution in [0.3, 0.4) is 0 Å². The second-order valence-electron chi connectivity index (χ2n) is 6.87. The molecular weight excluding hydrogens is 302 g/mol. The average Bonchev–Trinajstić information content (AvgIpc) is 3.43. The first kappa shape index (κ1) is 16.8. The fourth-order valence-corrected chi connectivity index (χ4v) is 3.13. The number of aryl methyl sites for hydroxylation is 1.